The Labute approximate surface area is 104 Å². The third-order valence-corrected chi connectivity index (χ3v) is 4.52. The highest BCUT2D eigenvalue weighted by Crippen LogP contribution is 2.34. The topological polar surface area (TPSA) is 49.8 Å². The highest BCUT2D eigenvalue weighted by Gasteiger charge is 2.36. The van der Waals surface area contributed by atoms with Gasteiger partial charge in [0, 0.05) is 17.6 Å². The van der Waals surface area contributed by atoms with Crippen molar-refractivity contribution in [2.75, 3.05) is 18.1 Å². The van der Waals surface area contributed by atoms with Crippen molar-refractivity contribution in [3.63, 3.8) is 0 Å². The number of hydrogen-bond donors (Lipinski definition) is 1. The maximum atomic E-state index is 10.9. The first-order valence-electron chi connectivity index (χ1n) is 5.96. The maximum Gasteiger partial charge on any atom is 0.345 e. The third kappa shape index (κ3) is 1.93. The van der Waals surface area contributed by atoms with Gasteiger partial charge in [-0.1, -0.05) is 0 Å². The lowest BCUT2D eigenvalue weighted by Gasteiger charge is -2.38. The van der Waals surface area contributed by atoms with Gasteiger partial charge in [-0.25, -0.2) is 4.79 Å². The van der Waals surface area contributed by atoms with Crippen LogP contribution in [0.25, 0.3) is 0 Å². The number of carbonyl (C=O) groups is 1. The van der Waals surface area contributed by atoms with E-state index in [1.165, 1.54) is 17.8 Å². The van der Waals surface area contributed by atoms with Gasteiger partial charge in [0.2, 0.25) is 0 Å². The summed E-state index contributed by atoms with van der Waals surface area (Å²) in [5, 5.41) is 10.9. The second-order valence-corrected chi connectivity index (χ2v) is 5.49. The molecule has 2 fully saturated rings. The van der Waals surface area contributed by atoms with E-state index in [2.05, 4.69) is 4.90 Å². The van der Waals surface area contributed by atoms with Crippen LogP contribution in [0.4, 0.5) is 5.69 Å². The van der Waals surface area contributed by atoms with Crippen molar-refractivity contribution >= 4 is 23.0 Å². The summed E-state index contributed by atoms with van der Waals surface area (Å²) in [7, 11) is 0. The van der Waals surface area contributed by atoms with E-state index in [0.29, 0.717) is 17.0 Å². The Bertz CT molecular complexity index is 431. The molecule has 2 heterocycles. The van der Waals surface area contributed by atoms with Crippen LogP contribution in [0, 0.1) is 0 Å². The predicted octanol–water partition coefficient (Wildman–Crippen LogP) is 2.20. The molecule has 1 aromatic rings. The summed E-state index contributed by atoms with van der Waals surface area (Å²) in [6.45, 7) is 1.62. The Kier molecular flexibility index (Phi) is 2.80. The molecule has 17 heavy (non-hydrogen) atoms. The number of carboxylic acids is 1. The van der Waals surface area contributed by atoms with E-state index in [1.54, 1.807) is 6.07 Å². The first-order valence-corrected chi connectivity index (χ1v) is 6.84. The van der Waals surface area contributed by atoms with Gasteiger partial charge in [-0.3, -0.25) is 0 Å². The third-order valence-electron chi connectivity index (χ3n) is 3.61. The molecule has 0 amide bonds. The van der Waals surface area contributed by atoms with Gasteiger partial charge in [0.15, 0.2) is 0 Å². The van der Waals surface area contributed by atoms with Gasteiger partial charge in [0.05, 0.1) is 18.8 Å². The molecule has 1 saturated carbocycles. The summed E-state index contributed by atoms with van der Waals surface area (Å²) in [6.07, 6.45) is 3.85. The number of anilines is 1. The minimum absolute atomic E-state index is 0.344. The number of nitrogens with zero attached hydrogens (tertiary/aromatic N) is 1. The van der Waals surface area contributed by atoms with Crippen molar-refractivity contribution in [1.29, 1.82) is 0 Å². The number of carboxylic acid groups (broad SMARTS) is 1. The molecule has 0 bridgehead atoms. The fourth-order valence-corrected chi connectivity index (χ4v) is 3.58. The Balaban J connectivity index is 1.84. The number of ether oxygens (including phenoxy) is 1. The quantitative estimate of drug-likeness (QED) is 0.878. The minimum atomic E-state index is -0.836. The van der Waals surface area contributed by atoms with Crippen LogP contribution in [0.15, 0.2) is 11.4 Å². The average Bonchev–Trinajstić information content (AvgIpc) is 2.97. The Hall–Kier alpha value is -1.07. The van der Waals surface area contributed by atoms with Crippen LogP contribution in [-0.4, -0.2) is 36.4 Å². The van der Waals surface area contributed by atoms with Gasteiger partial charge < -0.3 is 14.7 Å². The number of rotatable bonds is 2. The molecule has 1 aliphatic heterocycles. The summed E-state index contributed by atoms with van der Waals surface area (Å²) in [6, 6.07) is 2.23. The van der Waals surface area contributed by atoms with E-state index in [9.17, 15) is 4.79 Å². The molecule has 5 heteroatoms. The minimum Gasteiger partial charge on any atom is -0.477 e. The molecule has 3 rings (SSSR count). The molecular weight excluding hydrogens is 238 g/mol. The molecule has 0 aromatic carbocycles. The normalized spacial score (nSPS) is 28.1. The van der Waals surface area contributed by atoms with E-state index in [0.717, 1.165) is 31.7 Å². The van der Waals surface area contributed by atoms with Gasteiger partial charge in [-0.2, -0.15) is 0 Å². The number of fused-ring (bicyclic) bond motifs is 1. The van der Waals surface area contributed by atoms with Crippen molar-refractivity contribution in [1.82, 2.24) is 0 Å². The molecule has 0 radical (unpaired) electrons. The SMILES string of the molecule is O=C(O)c1cc(N2CCOC3CCCC32)cs1. The fourth-order valence-electron chi connectivity index (χ4n) is 2.84. The standard InChI is InChI=1S/C12H15NO3S/c14-12(15)11-6-8(7-17-11)13-4-5-16-10-3-1-2-9(10)13/h6-7,9-10H,1-5H2,(H,14,15). The Morgan fingerprint density at radius 3 is 3.18 bits per heavy atom. The van der Waals surface area contributed by atoms with Crippen LogP contribution < -0.4 is 4.90 Å². The number of aromatic carboxylic acids is 1. The van der Waals surface area contributed by atoms with Crippen LogP contribution in [0.2, 0.25) is 0 Å². The molecule has 1 aliphatic carbocycles. The van der Waals surface area contributed by atoms with E-state index in [1.807, 2.05) is 5.38 Å². The predicted molar refractivity (Wildman–Crippen MR) is 66.0 cm³/mol. The summed E-state index contributed by atoms with van der Waals surface area (Å²) in [5.41, 5.74) is 1.05. The van der Waals surface area contributed by atoms with Crippen molar-refractivity contribution in [2.24, 2.45) is 0 Å². The van der Waals surface area contributed by atoms with Gasteiger partial charge in [-0.05, 0) is 25.3 Å². The van der Waals surface area contributed by atoms with E-state index < -0.39 is 5.97 Å². The second kappa shape index (κ2) is 4.31. The lowest BCUT2D eigenvalue weighted by molar-refractivity contribution is 0.0256. The molecule has 4 nitrogen and oxygen atoms in total. The van der Waals surface area contributed by atoms with Crippen LogP contribution in [0.5, 0.6) is 0 Å². The molecule has 2 aliphatic rings. The molecule has 2 unspecified atom stereocenters. The zero-order valence-electron chi connectivity index (χ0n) is 9.46. The Morgan fingerprint density at radius 1 is 1.53 bits per heavy atom. The summed E-state index contributed by atoms with van der Waals surface area (Å²) < 4.78 is 5.75. The first-order chi connectivity index (χ1) is 8.25. The van der Waals surface area contributed by atoms with E-state index in [4.69, 9.17) is 9.84 Å². The van der Waals surface area contributed by atoms with Crippen LogP contribution in [0.1, 0.15) is 28.9 Å². The number of hydrogen-bond acceptors (Lipinski definition) is 4. The molecule has 1 saturated heterocycles. The first kappa shape index (κ1) is 11.0. The van der Waals surface area contributed by atoms with Crippen molar-refractivity contribution in [3.05, 3.63) is 16.3 Å². The smallest absolute Gasteiger partial charge is 0.345 e. The number of morpholine rings is 1. The Morgan fingerprint density at radius 2 is 2.41 bits per heavy atom. The van der Waals surface area contributed by atoms with Crippen LogP contribution >= 0.6 is 11.3 Å². The zero-order chi connectivity index (χ0) is 11.8. The van der Waals surface area contributed by atoms with Crippen LogP contribution in [-0.2, 0) is 4.74 Å². The monoisotopic (exact) mass is 253 g/mol. The molecular formula is C12H15NO3S. The van der Waals surface area contributed by atoms with Gasteiger partial charge in [0.1, 0.15) is 4.88 Å². The maximum absolute atomic E-state index is 10.9. The van der Waals surface area contributed by atoms with Crippen LogP contribution in [0.3, 0.4) is 0 Å². The highest BCUT2D eigenvalue weighted by atomic mass is 32.1. The van der Waals surface area contributed by atoms with Gasteiger partial charge in [0.25, 0.3) is 0 Å². The van der Waals surface area contributed by atoms with Crippen molar-refractivity contribution < 1.29 is 14.6 Å². The lowest BCUT2D eigenvalue weighted by Crippen LogP contribution is -2.48. The fraction of sp³-hybridized carbons (Fsp3) is 0.583. The van der Waals surface area contributed by atoms with E-state index >= 15 is 0 Å². The van der Waals surface area contributed by atoms with Gasteiger partial charge in [-0.15, -0.1) is 11.3 Å². The summed E-state index contributed by atoms with van der Waals surface area (Å²) >= 11 is 1.30. The summed E-state index contributed by atoms with van der Waals surface area (Å²) in [4.78, 5) is 13.6. The lowest BCUT2D eigenvalue weighted by atomic mass is 10.1. The summed E-state index contributed by atoms with van der Waals surface area (Å²) in [5.74, 6) is -0.836. The molecule has 0 spiro atoms. The number of thiophene rings is 1. The molecule has 2 atom stereocenters. The molecule has 1 aromatic heterocycles. The largest absolute Gasteiger partial charge is 0.477 e. The molecule has 1 N–H and O–H groups in total. The van der Waals surface area contributed by atoms with Crippen molar-refractivity contribution in [3.8, 4) is 0 Å². The van der Waals surface area contributed by atoms with E-state index in [-0.39, 0.29) is 0 Å². The zero-order valence-corrected chi connectivity index (χ0v) is 10.3. The highest BCUT2D eigenvalue weighted by molar-refractivity contribution is 7.12. The average molecular weight is 253 g/mol. The van der Waals surface area contributed by atoms with Gasteiger partial charge >= 0.3 is 5.97 Å². The molecule has 92 valence electrons. The second-order valence-electron chi connectivity index (χ2n) is 4.58. The van der Waals surface area contributed by atoms with Crippen molar-refractivity contribution in [2.45, 2.75) is 31.4 Å².